The van der Waals surface area contributed by atoms with Crippen molar-refractivity contribution in [2.45, 2.75) is 44.7 Å². The SMILES string of the molecule is CC(NCCC1CCCCN1C)C(=O)N(C)C. The molecule has 1 saturated heterocycles. The minimum Gasteiger partial charge on any atom is -0.347 e. The van der Waals surface area contributed by atoms with Crippen molar-refractivity contribution in [2.24, 2.45) is 0 Å². The molecule has 0 bridgehead atoms. The van der Waals surface area contributed by atoms with Crippen molar-refractivity contribution in [1.29, 1.82) is 0 Å². The summed E-state index contributed by atoms with van der Waals surface area (Å²) in [4.78, 5) is 15.7. The summed E-state index contributed by atoms with van der Waals surface area (Å²) in [6.07, 6.45) is 5.12. The van der Waals surface area contributed by atoms with Gasteiger partial charge in [0.2, 0.25) is 5.91 Å². The number of likely N-dealkylation sites (tertiary alicyclic amines) is 1. The highest BCUT2D eigenvalue weighted by Crippen LogP contribution is 2.17. The highest BCUT2D eigenvalue weighted by molar-refractivity contribution is 5.80. The fourth-order valence-corrected chi connectivity index (χ4v) is 2.45. The van der Waals surface area contributed by atoms with Gasteiger partial charge in [0.25, 0.3) is 0 Å². The highest BCUT2D eigenvalue weighted by atomic mass is 16.2. The molecule has 0 aliphatic carbocycles. The molecule has 100 valence electrons. The Morgan fingerprint density at radius 1 is 1.47 bits per heavy atom. The molecule has 1 rings (SSSR count). The molecule has 1 aliphatic heterocycles. The molecular formula is C13H27N3O. The lowest BCUT2D eigenvalue weighted by Gasteiger charge is -2.32. The minimum atomic E-state index is -0.0705. The molecule has 0 aromatic carbocycles. The zero-order valence-corrected chi connectivity index (χ0v) is 11.7. The van der Waals surface area contributed by atoms with Crippen LogP contribution in [-0.2, 0) is 4.79 Å². The second kappa shape index (κ2) is 6.97. The van der Waals surface area contributed by atoms with E-state index in [1.165, 1.54) is 25.8 Å². The molecule has 1 aliphatic rings. The first-order chi connectivity index (χ1) is 8.02. The number of hydrogen-bond acceptors (Lipinski definition) is 3. The predicted molar refractivity (Wildman–Crippen MR) is 71.0 cm³/mol. The number of carbonyl (C=O) groups excluding carboxylic acids is 1. The van der Waals surface area contributed by atoms with Gasteiger partial charge in [-0.3, -0.25) is 4.79 Å². The standard InChI is InChI=1S/C13H27N3O/c1-11(13(17)15(2)3)14-9-8-12-7-5-6-10-16(12)4/h11-12,14H,5-10H2,1-4H3. The van der Waals surface area contributed by atoms with Crippen LogP contribution in [0.25, 0.3) is 0 Å². The van der Waals surface area contributed by atoms with Gasteiger partial charge in [-0.2, -0.15) is 0 Å². The van der Waals surface area contributed by atoms with E-state index in [9.17, 15) is 4.79 Å². The first kappa shape index (κ1) is 14.5. The number of amides is 1. The maximum Gasteiger partial charge on any atom is 0.238 e. The molecule has 2 unspecified atom stereocenters. The van der Waals surface area contributed by atoms with Crippen molar-refractivity contribution in [3.63, 3.8) is 0 Å². The first-order valence-electron chi connectivity index (χ1n) is 6.67. The number of piperidine rings is 1. The van der Waals surface area contributed by atoms with Gasteiger partial charge in [0, 0.05) is 20.1 Å². The number of likely N-dealkylation sites (N-methyl/N-ethyl adjacent to an activating group) is 1. The van der Waals surface area contributed by atoms with Crippen LogP contribution in [0.3, 0.4) is 0 Å². The quantitative estimate of drug-likeness (QED) is 0.778. The van der Waals surface area contributed by atoms with E-state index >= 15 is 0 Å². The Balaban J connectivity index is 2.20. The third kappa shape index (κ3) is 4.64. The molecule has 0 aromatic heterocycles. The summed E-state index contributed by atoms with van der Waals surface area (Å²) >= 11 is 0. The van der Waals surface area contributed by atoms with Crippen molar-refractivity contribution in [3.8, 4) is 0 Å². The molecule has 0 radical (unpaired) electrons. The minimum absolute atomic E-state index is 0.0705. The fraction of sp³-hybridized carbons (Fsp3) is 0.923. The lowest BCUT2D eigenvalue weighted by Crippen LogP contribution is -2.44. The Labute approximate surface area is 105 Å². The predicted octanol–water partition coefficient (Wildman–Crippen LogP) is 0.927. The zero-order chi connectivity index (χ0) is 12.8. The third-order valence-electron chi connectivity index (χ3n) is 3.66. The van der Waals surface area contributed by atoms with Gasteiger partial charge in [0.05, 0.1) is 6.04 Å². The maximum absolute atomic E-state index is 11.6. The smallest absolute Gasteiger partial charge is 0.238 e. The average Bonchev–Trinajstić information content (AvgIpc) is 2.30. The number of carbonyl (C=O) groups is 1. The maximum atomic E-state index is 11.6. The van der Waals surface area contributed by atoms with Crippen LogP contribution >= 0.6 is 0 Å². The largest absolute Gasteiger partial charge is 0.347 e. The van der Waals surface area contributed by atoms with Crippen LogP contribution < -0.4 is 5.32 Å². The molecular weight excluding hydrogens is 214 g/mol. The molecule has 1 fully saturated rings. The Kier molecular flexibility index (Phi) is 5.92. The topological polar surface area (TPSA) is 35.6 Å². The molecule has 1 heterocycles. The Bertz CT molecular complexity index is 243. The van der Waals surface area contributed by atoms with Gasteiger partial charge in [-0.25, -0.2) is 0 Å². The van der Waals surface area contributed by atoms with E-state index in [1.807, 2.05) is 6.92 Å². The van der Waals surface area contributed by atoms with Crippen LogP contribution in [-0.4, -0.2) is 62.0 Å². The van der Waals surface area contributed by atoms with Crippen LogP contribution in [0.4, 0.5) is 0 Å². The molecule has 0 aromatic rings. The van der Waals surface area contributed by atoms with Gasteiger partial charge in [-0.15, -0.1) is 0 Å². The van der Waals surface area contributed by atoms with E-state index in [4.69, 9.17) is 0 Å². The lowest BCUT2D eigenvalue weighted by molar-refractivity contribution is -0.130. The fourth-order valence-electron chi connectivity index (χ4n) is 2.45. The summed E-state index contributed by atoms with van der Waals surface area (Å²) in [5.74, 6) is 0.155. The summed E-state index contributed by atoms with van der Waals surface area (Å²) in [5, 5.41) is 3.31. The van der Waals surface area contributed by atoms with Crippen molar-refractivity contribution in [2.75, 3.05) is 34.2 Å². The number of nitrogens with zero attached hydrogens (tertiary/aromatic N) is 2. The van der Waals surface area contributed by atoms with Gasteiger partial charge in [0.1, 0.15) is 0 Å². The summed E-state index contributed by atoms with van der Waals surface area (Å²) in [7, 11) is 5.81. The molecule has 1 amide bonds. The second-order valence-corrected chi connectivity index (χ2v) is 5.33. The van der Waals surface area contributed by atoms with Crippen molar-refractivity contribution >= 4 is 5.91 Å². The molecule has 17 heavy (non-hydrogen) atoms. The zero-order valence-electron chi connectivity index (χ0n) is 11.7. The monoisotopic (exact) mass is 241 g/mol. The number of rotatable bonds is 5. The molecule has 0 saturated carbocycles. The van der Waals surface area contributed by atoms with Crippen molar-refractivity contribution in [3.05, 3.63) is 0 Å². The van der Waals surface area contributed by atoms with E-state index in [-0.39, 0.29) is 11.9 Å². The van der Waals surface area contributed by atoms with E-state index < -0.39 is 0 Å². The Morgan fingerprint density at radius 2 is 2.18 bits per heavy atom. The van der Waals surface area contributed by atoms with Gasteiger partial charge in [-0.05, 0) is 46.3 Å². The Morgan fingerprint density at radius 3 is 2.76 bits per heavy atom. The van der Waals surface area contributed by atoms with Crippen LogP contribution in [0, 0.1) is 0 Å². The normalized spacial score (nSPS) is 23.4. The summed E-state index contributed by atoms with van der Waals surface area (Å²) in [6, 6.07) is 0.622. The lowest BCUT2D eigenvalue weighted by atomic mass is 10.00. The van der Waals surface area contributed by atoms with Gasteiger partial charge >= 0.3 is 0 Å². The van der Waals surface area contributed by atoms with Crippen LogP contribution in [0.15, 0.2) is 0 Å². The summed E-state index contributed by atoms with van der Waals surface area (Å²) < 4.78 is 0. The van der Waals surface area contributed by atoms with E-state index in [0.717, 1.165) is 13.0 Å². The molecule has 2 atom stereocenters. The summed E-state index contributed by atoms with van der Waals surface area (Å²) in [6.45, 7) is 4.08. The Hall–Kier alpha value is -0.610. The second-order valence-electron chi connectivity index (χ2n) is 5.33. The first-order valence-corrected chi connectivity index (χ1v) is 6.67. The van der Waals surface area contributed by atoms with Crippen molar-refractivity contribution < 1.29 is 4.79 Å². The summed E-state index contributed by atoms with van der Waals surface area (Å²) in [5.41, 5.74) is 0. The molecule has 0 spiro atoms. The van der Waals surface area contributed by atoms with E-state index in [0.29, 0.717) is 6.04 Å². The molecule has 4 heteroatoms. The average molecular weight is 241 g/mol. The highest BCUT2D eigenvalue weighted by Gasteiger charge is 2.19. The van der Waals surface area contributed by atoms with E-state index in [2.05, 4.69) is 17.3 Å². The van der Waals surface area contributed by atoms with Gasteiger partial charge in [0.15, 0.2) is 0 Å². The number of nitrogens with one attached hydrogen (secondary N) is 1. The van der Waals surface area contributed by atoms with Crippen molar-refractivity contribution in [1.82, 2.24) is 15.1 Å². The van der Waals surface area contributed by atoms with Gasteiger partial charge < -0.3 is 15.1 Å². The third-order valence-corrected chi connectivity index (χ3v) is 3.66. The van der Waals surface area contributed by atoms with Crippen LogP contribution in [0.2, 0.25) is 0 Å². The van der Waals surface area contributed by atoms with Gasteiger partial charge in [-0.1, -0.05) is 6.42 Å². The van der Waals surface area contributed by atoms with Crippen LogP contribution in [0.1, 0.15) is 32.6 Å². The molecule has 4 nitrogen and oxygen atoms in total. The molecule has 1 N–H and O–H groups in total. The number of hydrogen-bond donors (Lipinski definition) is 1. The van der Waals surface area contributed by atoms with E-state index in [1.54, 1.807) is 19.0 Å². The van der Waals surface area contributed by atoms with Crippen LogP contribution in [0.5, 0.6) is 0 Å².